The van der Waals surface area contributed by atoms with E-state index in [0.29, 0.717) is 12.3 Å². The smallest absolute Gasteiger partial charge is 0.292 e. The van der Waals surface area contributed by atoms with Gasteiger partial charge in [-0.25, -0.2) is 0 Å². The number of nitrogens with one attached hydrogen (secondary N) is 1. The van der Waals surface area contributed by atoms with Gasteiger partial charge in [0.25, 0.3) is 5.69 Å². The van der Waals surface area contributed by atoms with Gasteiger partial charge in [-0.3, -0.25) is 10.1 Å². The molecule has 0 radical (unpaired) electrons. The molecule has 0 saturated heterocycles. The zero-order valence-electron chi connectivity index (χ0n) is 12.5. The van der Waals surface area contributed by atoms with Crippen molar-refractivity contribution in [1.82, 2.24) is 0 Å². The zero-order chi connectivity index (χ0) is 15.0. The molecule has 5 nitrogen and oxygen atoms in total. The van der Waals surface area contributed by atoms with Crippen LogP contribution >= 0.6 is 0 Å². The van der Waals surface area contributed by atoms with Gasteiger partial charge < -0.3 is 10.1 Å². The molecule has 20 heavy (non-hydrogen) atoms. The number of ether oxygens (including phenoxy) is 1. The Morgan fingerprint density at radius 2 is 2.10 bits per heavy atom. The minimum absolute atomic E-state index is 0.114. The summed E-state index contributed by atoms with van der Waals surface area (Å²) >= 11 is 0. The Balaban J connectivity index is 2.74. The molecular weight excluding hydrogens is 256 g/mol. The molecule has 5 heteroatoms. The SMILES string of the molecule is CCCNc1ccc(COC(C)CCC)cc1[N+](=O)[O-]. The van der Waals surface area contributed by atoms with Crippen molar-refractivity contribution < 1.29 is 9.66 Å². The molecule has 0 aromatic heterocycles. The van der Waals surface area contributed by atoms with E-state index in [1.54, 1.807) is 12.1 Å². The maximum absolute atomic E-state index is 11.1. The van der Waals surface area contributed by atoms with Crippen molar-refractivity contribution in [1.29, 1.82) is 0 Å². The van der Waals surface area contributed by atoms with Gasteiger partial charge in [0.2, 0.25) is 0 Å². The molecule has 0 saturated carbocycles. The van der Waals surface area contributed by atoms with Crippen molar-refractivity contribution in [3.63, 3.8) is 0 Å². The molecule has 0 heterocycles. The first kappa shape index (κ1) is 16.4. The highest BCUT2D eigenvalue weighted by Crippen LogP contribution is 2.26. The monoisotopic (exact) mass is 280 g/mol. The van der Waals surface area contributed by atoms with Gasteiger partial charge in [-0.1, -0.05) is 26.3 Å². The number of hydrogen-bond donors (Lipinski definition) is 1. The first-order chi connectivity index (χ1) is 9.58. The van der Waals surface area contributed by atoms with Gasteiger partial charge in [0.05, 0.1) is 17.6 Å². The minimum atomic E-state index is -0.350. The molecule has 1 aromatic carbocycles. The third-order valence-corrected chi connectivity index (χ3v) is 3.05. The molecule has 1 N–H and O–H groups in total. The fraction of sp³-hybridized carbons (Fsp3) is 0.600. The summed E-state index contributed by atoms with van der Waals surface area (Å²) in [7, 11) is 0. The summed E-state index contributed by atoms with van der Waals surface area (Å²) in [5.74, 6) is 0. The maximum atomic E-state index is 11.1. The van der Waals surface area contributed by atoms with Crippen LogP contribution in [0.2, 0.25) is 0 Å². The van der Waals surface area contributed by atoms with E-state index >= 15 is 0 Å². The van der Waals surface area contributed by atoms with Crippen LogP contribution < -0.4 is 5.32 Å². The highest BCUT2D eigenvalue weighted by molar-refractivity contribution is 5.62. The van der Waals surface area contributed by atoms with Crippen LogP contribution in [0.15, 0.2) is 18.2 Å². The number of nitro benzene ring substituents is 1. The summed E-state index contributed by atoms with van der Waals surface area (Å²) in [6.45, 7) is 7.30. The number of anilines is 1. The van der Waals surface area contributed by atoms with Gasteiger partial charge in [-0.05, 0) is 31.4 Å². The molecule has 0 amide bonds. The van der Waals surface area contributed by atoms with Crippen LogP contribution in [0.1, 0.15) is 45.6 Å². The fourth-order valence-electron chi connectivity index (χ4n) is 1.96. The Labute approximate surface area is 120 Å². The predicted octanol–water partition coefficient (Wildman–Crippen LogP) is 4.12. The van der Waals surface area contributed by atoms with Crippen molar-refractivity contribution in [2.75, 3.05) is 11.9 Å². The van der Waals surface area contributed by atoms with Crippen molar-refractivity contribution in [3.05, 3.63) is 33.9 Å². The second-order valence-corrected chi connectivity index (χ2v) is 4.95. The lowest BCUT2D eigenvalue weighted by atomic mass is 10.1. The summed E-state index contributed by atoms with van der Waals surface area (Å²) in [6.07, 6.45) is 3.17. The highest BCUT2D eigenvalue weighted by atomic mass is 16.6. The third-order valence-electron chi connectivity index (χ3n) is 3.05. The van der Waals surface area contributed by atoms with Gasteiger partial charge in [-0.15, -0.1) is 0 Å². The first-order valence-electron chi connectivity index (χ1n) is 7.21. The average Bonchev–Trinajstić information content (AvgIpc) is 2.43. The standard InChI is InChI=1S/C15H24N2O3/c1-4-6-12(3)20-11-13-7-8-14(16-9-5-2)15(10-13)17(18)19/h7-8,10,12,16H,4-6,9,11H2,1-3H3. The summed E-state index contributed by atoms with van der Waals surface area (Å²) in [5, 5.41) is 14.2. The van der Waals surface area contributed by atoms with Crippen molar-refractivity contribution in [3.8, 4) is 0 Å². The highest BCUT2D eigenvalue weighted by Gasteiger charge is 2.14. The molecule has 1 aromatic rings. The number of hydrogen-bond acceptors (Lipinski definition) is 4. The van der Waals surface area contributed by atoms with E-state index in [4.69, 9.17) is 4.74 Å². The van der Waals surface area contributed by atoms with E-state index in [0.717, 1.165) is 31.4 Å². The lowest BCUT2D eigenvalue weighted by Crippen LogP contribution is -2.08. The van der Waals surface area contributed by atoms with Crippen LogP contribution in [0.3, 0.4) is 0 Å². The molecule has 0 aliphatic rings. The van der Waals surface area contributed by atoms with E-state index in [1.807, 2.05) is 19.9 Å². The van der Waals surface area contributed by atoms with Gasteiger partial charge in [-0.2, -0.15) is 0 Å². The molecular formula is C15H24N2O3. The molecule has 0 aliphatic carbocycles. The number of benzene rings is 1. The Morgan fingerprint density at radius 1 is 1.35 bits per heavy atom. The van der Waals surface area contributed by atoms with Crippen molar-refractivity contribution >= 4 is 11.4 Å². The number of rotatable bonds is 9. The van der Waals surface area contributed by atoms with Gasteiger partial charge in [0.15, 0.2) is 0 Å². The molecule has 112 valence electrons. The molecule has 0 spiro atoms. The van der Waals surface area contributed by atoms with Crippen LogP contribution in [0, 0.1) is 10.1 Å². The minimum Gasteiger partial charge on any atom is -0.380 e. The Kier molecular flexibility index (Phi) is 7.01. The summed E-state index contributed by atoms with van der Waals surface area (Å²) in [6, 6.07) is 5.23. The Hall–Kier alpha value is -1.62. The second-order valence-electron chi connectivity index (χ2n) is 4.95. The van der Waals surface area contributed by atoms with Crippen LogP contribution in [-0.2, 0) is 11.3 Å². The van der Waals surface area contributed by atoms with Gasteiger partial charge in [0, 0.05) is 12.6 Å². The summed E-state index contributed by atoms with van der Waals surface area (Å²) < 4.78 is 5.68. The quantitative estimate of drug-likeness (QED) is 0.546. The topological polar surface area (TPSA) is 64.4 Å². The van der Waals surface area contributed by atoms with E-state index in [9.17, 15) is 10.1 Å². The number of nitrogens with zero attached hydrogens (tertiary/aromatic N) is 1. The van der Waals surface area contributed by atoms with E-state index in [1.165, 1.54) is 0 Å². The normalized spacial score (nSPS) is 12.2. The lowest BCUT2D eigenvalue weighted by Gasteiger charge is -2.12. The molecule has 0 fully saturated rings. The maximum Gasteiger partial charge on any atom is 0.292 e. The van der Waals surface area contributed by atoms with Crippen LogP contribution in [0.4, 0.5) is 11.4 Å². The molecule has 1 unspecified atom stereocenters. The van der Waals surface area contributed by atoms with E-state index in [2.05, 4.69) is 12.2 Å². The number of nitro groups is 1. The molecule has 1 rings (SSSR count). The molecule has 1 atom stereocenters. The molecule has 0 bridgehead atoms. The Bertz CT molecular complexity index is 435. The summed E-state index contributed by atoms with van der Waals surface area (Å²) in [4.78, 5) is 10.8. The van der Waals surface area contributed by atoms with E-state index in [-0.39, 0.29) is 16.7 Å². The second kappa shape index (κ2) is 8.53. The van der Waals surface area contributed by atoms with Crippen molar-refractivity contribution in [2.45, 2.75) is 52.7 Å². The fourth-order valence-corrected chi connectivity index (χ4v) is 1.96. The summed E-state index contributed by atoms with van der Waals surface area (Å²) in [5.41, 5.74) is 1.52. The largest absolute Gasteiger partial charge is 0.380 e. The lowest BCUT2D eigenvalue weighted by molar-refractivity contribution is -0.384. The third kappa shape index (κ3) is 5.17. The van der Waals surface area contributed by atoms with E-state index < -0.39 is 0 Å². The molecule has 0 aliphatic heterocycles. The zero-order valence-corrected chi connectivity index (χ0v) is 12.5. The predicted molar refractivity (Wildman–Crippen MR) is 81.0 cm³/mol. The average molecular weight is 280 g/mol. The first-order valence-corrected chi connectivity index (χ1v) is 7.21. The van der Waals surface area contributed by atoms with Crippen molar-refractivity contribution in [2.24, 2.45) is 0 Å². The Morgan fingerprint density at radius 3 is 2.70 bits per heavy atom. The van der Waals surface area contributed by atoms with Gasteiger partial charge in [0.1, 0.15) is 5.69 Å². The van der Waals surface area contributed by atoms with Crippen LogP contribution in [0.25, 0.3) is 0 Å². The van der Waals surface area contributed by atoms with Crippen LogP contribution in [0.5, 0.6) is 0 Å². The van der Waals surface area contributed by atoms with Crippen LogP contribution in [-0.4, -0.2) is 17.6 Å². The van der Waals surface area contributed by atoms with Gasteiger partial charge >= 0.3 is 0 Å².